The van der Waals surface area contributed by atoms with E-state index in [1.54, 1.807) is 0 Å². The van der Waals surface area contributed by atoms with E-state index in [0.717, 1.165) is 40.7 Å². The SMILES string of the molecule is O=C(c1cc(I)cc2c1OCC2)C1CCCCN1. The number of Topliss-reactive ketones (excluding diaryl/α,β-unsaturated/α-hetero) is 1. The molecule has 0 aromatic heterocycles. The number of ether oxygens (including phenoxy) is 1. The third-order valence-corrected chi connectivity index (χ3v) is 4.26. The molecule has 0 bridgehead atoms. The van der Waals surface area contributed by atoms with Crippen molar-refractivity contribution in [2.75, 3.05) is 13.2 Å². The summed E-state index contributed by atoms with van der Waals surface area (Å²) in [6.45, 7) is 1.65. The molecule has 2 aliphatic rings. The van der Waals surface area contributed by atoms with Gasteiger partial charge in [-0.15, -0.1) is 0 Å². The largest absolute Gasteiger partial charge is 0.492 e. The molecule has 1 aromatic rings. The maximum Gasteiger partial charge on any atom is 0.183 e. The van der Waals surface area contributed by atoms with Gasteiger partial charge >= 0.3 is 0 Å². The fraction of sp³-hybridized carbons (Fsp3) is 0.500. The lowest BCUT2D eigenvalue weighted by molar-refractivity contribution is 0.0924. The van der Waals surface area contributed by atoms with Crippen molar-refractivity contribution >= 4 is 28.4 Å². The van der Waals surface area contributed by atoms with Crippen LogP contribution in [0.15, 0.2) is 12.1 Å². The topological polar surface area (TPSA) is 38.3 Å². The Labute approximate surface area is 120 Å². The molecule has 0 aliphatic carbocycles. The molecule has 2 aliphatic heterocycles. The number of piperidine rings is 1. The Bertz CT molecular complexity index is 481. The molecule has 18 heavy (non-hydrogen) atoms. The number of carbonyl (C=O) groups excluding carboxylic acids is 1. The summed E-state index contributed by atoms with van der Waals surface area (Å²) < 4.78 is 6.77. The van der Waals surface area contributed by atoms with Gasteiger partial charge in [-0.3, -0.25) is 4.79 Å². The number of hydrogen-bond acceptors (Lipinski definition) is 3. The highest BCUT2D eigenvalue weighted by Gasteiger charge is 2.27. The normalized spacial score (nSPS) is 22.4. The average molecular weight is 357 g/mol. The van der Waals surface area contributed by atoms with Crippen LogP contribution in [0.3, 0.4) is 0 Å². The number of carbonyl (C=O) groups is 1. The van der Waals surface area contributed by atoms with E-state index < -0.39 is 0 Å². The van der Waals surface area contributed by atoms with E-state index in [9.17, 15) is 4.79 Å². The van der Waals surface area contributed by atoms with E-state index >= 15 is 0 Å². The van der Waals surface area contributed by atoms with Crippen molar-refractivity contribution in [2.45, 2.75) is 31.7 Å². The van der Waals surface area contributed by atoms with E-state index in [2.05, 4.69) is 34.0 Å². The van der Waals surface area contributed by atoms with Crippen molar-refractivity contribution in [1.29, 1.82) is 0 Å². The molecule has 1 saturated heterocycles. The summed E-state index contributed by atoms with van der Waals surface area (Å²) in [7, 11) is 0. The van der Waals surface area contributed by atoms with E-state index in [-0.39, 0.29) is 11.8 Å². The van der Waals surface area contributed by atoms with Crippen molar-refractivity contribution < 1.29 is 9.53 Å². The van der Waals surface area contributed by atoms with Crippen LogP contribution in [0.25, 0.3) is 0 Å². The molecule has 0 saturated carbocycles. The van der Waals surface area contributed by atoms with Crippen molar-refractivity contribution in [3.05, 3.63) is 26.8 Å². The minimum atomic E-state index is -0.0229. The maximum absolute atomic E-state index is 12.6. The van der Waals surface area contributed by atoms with Gasteiger partial charge in [-0.25, -0.2) is 0 Å². The number of fused-ring (bicyclic) bond motifs is 1. The van der Waals surface area contributed by atoms with Crippen LogP contribution in [0, 0.1) is 3.57 Å². The second kappa shape index (κ2) is 5.17. The first-order valence-corrected chi connectivity index (χ1v) is 7.56. The number of hydrogen-bond donors (Lipinski definition) is 1. The molecule has 0 spiro atoms. The lowest BCUT2D eigenvalue weighted by Gasteiger charge is -2.23. The zero-order valence-electron chi connectivity index (χ0n) is 10.2. The molecule has 1 atom stereocenters. The zero-order chi connectivity index (χ0) is 12.5. The fourth-order valence-electron chi connectivity index (χ4n) is 2.72. The van der Waals surface area contributed by atoms with Gasteiger partial charge in [0.25, 0.3) is 0 Å². The lowest BCUT2D eigenvalue weighted by Crippen LogP contribution is -2.40. The second-order valence-corrected chi connectivity index (χ2v) is 6.15. The summed E-state index contributed by atoms with van der Waals surface area (Å²) in [4.78, 5) is 12.6. The Kier molecular flexibility index (Phi) is 3.56. The average Bonchev–Trinajstić information content (AvgIpc) is 2.86. The lowest BCUT2D eigenvalue weighted by atomic mass is 9.95. The van der Waals surface area contributed by atoms with E-state index in [1.165, 1.54) is 12.0 Å². The molecule has 1 N–H and O–H groups in total. The van der Waals surface area contributed by atoms with Gasteiger partial charge in [-0.2, -0.15) is 0 Å². The Morgan fingerprint density at radius 3 is 3.06 bits per heavy atom. The first-order valence-electron chi connectivity index (χ1n) is 6.48. The van der Waals surface area contributed by atoms with Crippen LogP contribution in [0.2, 0.25) is 0 Å². The van der Waals surface area contributed by atoms with Crippen LogP contribution >= 0.6 is 22.6 Å². The van der Waals surface area contributed by atoms with Crippen LogP contribution in [-0.2, 0) is 6.42 Å². The van der Waals surface area contributed by atoms with Gasteiger partial charge in [0.15, 0.2) is 5.78 Å². The van der Waals surface area contributed by atoms with Crippen molar-refractivity contribution in [3.63, 3.8) is 0 Å². The van der Waals surface area contributed by atoms with E-state index in [0.29, 0.717) is 6.61 Å². The van der Waals surface area contributed by atoms with Gasteiger partial charge in [-0.1, -0.05) is 6.42 Å². The minimum absolute atomic E-state index is 0.0229. The highest BCUT2D eigenvalue weighted by Crippen LogP contribution is 2.33. The highest BCUT2D eigenvalue weighted by molar-refractivity contribution is 14.1. The predicted molar refractivity (Wildman–Crippen MR) is 78.3 cm³/mol. The van der Waals surface area contributed by atoms with Gasteiger partial charge < -0.3 is 10.1 Å². The molecule has 1 unspecified atom stereocenters. The minimum Gasteiger partial charge on any atom is -0.492 e. The summed E-state index contributed by atoms with van der Waals surface area (Å²) in [6.07, 6.45) is 4.17. The van der Waals surface area contributed by atoms with Crippen LogP contribution in [-0.4, -0.2) is 25.0 Å². The molecule has 2 heterocycles. The number of rotatable bonds is 2. The van der Waals surface area contributed by atoms with Crippen LogP contribution in [0.4, 0.5) is 0 Å². The predicted octanol–water partition coefficient (Wildman–Crippen LogP) is 2.55. The third-order valence-electron chi connectivity index (χ3n) is 3.64. The molecule has 3 nitrogen and oxygen atoms in total. The van der Waals surface area contributed by atoms with Gasteiger partial charge in [0.2, 0.25) is 0 Å². The van der Waals surface area contributed by atoms with Gasteiger partial charge in [-0.05, 0) is 59.7 Å². The van der Waals surface area contributed by atoms with E-state index in [1.807, 2.05) is 6.07 Å². The standard InChI is InChI=1S/C14H16INO2/c15-10-7-9-4-6-18-14(9)11(8-10)13(17)12-3-1-2-5-16-12/h7-8,12,16H,1-6H2. The fourth-order valence-corrected chi connectivity index (χ4v) is 3.40. The molecular weight excluding hydrogens is 341 g/mol. The van der Waals surface area contributed by atoms with Crippen LogP contribution < -0.4 is 10.1 Å². The zero-order valence-corrected chi connectivity index (χ0v) is 12.3. The smallest absolute Gasteiger partial charge is 0.183 e. The molecule has 3 rings (SSSR count). The van der Waals surface area contributed by atoms with Crippen molar-refractivity contribution in [2.24, 2.45) is 0 Å². The molecule has 1 aromatic carbocycles. The van der Waals surface area contributed by atoms with Crippen molar-refractivity contribution in [1.82, 2.24) is 5.32 Å². The summed E-state index contributed by atoms with van der Waals surface area (Å²) in [5.41, 5.74) is 1.95. The number of halogens is 1. The van der Waals surface area contributed by atoms with Gasteiger partial charge in [0.05, 0.1) is 18.2 Å². The van der Waals surface area contributed by atoms with Gasteiger partial charge in [0.1, 0.15) is 5.75 Å². The number of benzene rings is 1. The second-order valence-electron chi connectivity index (χ2n) is 4.91. The quantitative estimate of drug-likeness (QED) is 0.653. The van der Waals surface area contributed by atoms with E-state index in [4.69, 9.17) is 4.74 Å². The highest BCUT2D eigenvalue weighted by atomic mass is 127. The molecule has 96 valence electrons. The number of ketones is 1. The monoisotopic (exact) mass is 357 g/mol. The third kappa shape index (κ3) is 2.28. The summed E-state index contributed by atoms with van der Waals surface area (Å²) in [5.74, 6) is 1.03. The van der Waals surface area contributed by atoms with Crippen LogP contribution in [0.1, 0.15) is 35.2 Å². The number of nitrogens with one attached hydrogen (secondary N) is 1. The molecular formula is C14H16INO2. The Morgan fingerprint density at radius 1 is 1.39 bits per heavy atom. The Hall–Kier alpha value is -0.620. The Morgan fingerprint density at radius 2 is 2.28 bits per heavy atom. The molecule has 1 fully saturated rings. The summed E-state index contributed by atoms with van der Waals surface area (Å²) >= 11 is 2.27. The Balaban J connectivity index is 1.93. The maximum atomic E-state index is 12.6. The first kappa shape index (κ1) is 12.4. The molecule has 4 heteroatoms. The van der Waals surface area contributed by atoms with Gasteiger partial charge in [0, 0.05) is 9.99 Å². The first-order chi connectivity index (χ1) is 8.75. The molecule has 0 radical (unpaired) electrons. The van der Waals surface area contributed by atoms with Crippen LogP contribution in [0.5, 0.6) is 5.75 Å². The summed E-state index contributed by atoms with van der Waals surface area (Å²) in [5, 5.41) is 3.32. The molecule has 0 amide bonds. The van der Waals surface area contributed by atoms with Crippen molar-refractivity contribution in [3.8, 4) is 5.75 Å². The summed E-state index contributed by atoms with van der Waals surface area (Å²) in [6, 6.07) is 4.06.